The first-order valence-corrected chi connectivity index (χ1v) is 11.1. The van der Waals surface area contributed by atoms with Crippen LogP contribution in [0.5, 0.6) is 5.75 Å². The molecule has 8 heteroatoms. The standard InChI is InChI=1S/C25H29N3O5/c1-17-15-18(6-7-20(17)32-2)23(29)21-22(19-5-3-8-26-16-19)28(25(31)24(21)30)10-4-9-27-11-13-33-14-12-27/h3,5-8,15-16,22,29H,4,9-14H2,1-2H3/t22-/m1/s1. The molecule has 3 heterocycles. The van der Waals surface area contributed by atoms with Gasteiger partial charge in [0.2, 0.25) is 0 Å². The molecule has 33 heavy (non-hydrogen) atoms. The Morgan fingerprint density at radius 3 is 2.67 bits per heavy atom. The number of carbonyl (C=O) groups excluding carboxylic acids is 2. The third-order valence-corrected chi connectivity index (χ3v) is 6.19. The van der Waals surface area contributed by atoms with Crippen LogP contribution in [0.15, 0.2) is 48.3 Å². The number of rotatable bonds is 7. The molecular weight excluding hydrogens is 422 g/mol. The average Bonchev–Trinajstić information content (AvgIpc) is 3.10. The number of aliphatic hydroxyl groups excluding tert-OH is 1. The van der Waals surface area contributed by atoms with Gasteiger partial charge in [-0.05, 0) is 48.7 Å². The number of nitrogens with zero attached hydrogens (tertiary/aromatic N) is 3. The molecule has 0 radical (unpaired) electrons. The van der Waals surface area contributed by atoms with E-state index in [4.69, 9.17) is 9.47 Å². The number of pyridine rings is 1. The number of carbonyl (C=O) groups is 2. The predicted molar refractivity (Wildman–Crippen MR) is 123 cm³/mol. The van der Waals surface area contributed by atoms with Crippen LogP contribution in [0.3, 0.4) is 0 Å². The number of ketones is 1. The quantitative estimate of drug-likeness (QED) is 0.393. The van der Waals surface area contributed by atoms with Crippen molar-refractivity contribution in [2.75, 3.05) is 46.5 Å². The van der Waals surface area contributed by atoms with Crippen LogP contribution < -0.4 is 4.74 Å². The number of aliphatic hydroxyl groups is 1. The van der Waals surface area contributed by atoms with Gasteiger partial charge in [-0.3, -0.25) is 19.5 Å². The fourth-order valence-electron chi connectivity index (χ4n) is 4.47. The zero-order chi connectivity index (χ0) is 23.4. The molecule has 1 amide bonds. The summed E-state index contributed by atoms with van der Waals surface area (Å²) in [7, 11) is 1.58. The van der Waals surface area contributed by atoms with Crippen LogP contribution in [0.4, 0.5) is 0 Å². The number of benzene rings is 1. The fraction of sp³-hybridized carbons (Fsp3) is 0.400. The lowest BCUT2D eigenvalue weighted by molar-refractivity contribution is -0.140. The van der Waals surface area contributed by atoms with Crippen LogP contribution in [0.1, 0.15) is 29.2 Å². The molecule has 2 aromatic rings. The Bertz CT molecular complexity index is 1050. The molecule has 0 saturated carbocycles. The summed E-state index contributed by atoms with van der Waals surface area (Å²) >= 11 is 0. The second-order valence-corrected chi connectivity index (χ2v) is 8.27. The van der Waals surface area contributed by atoms with E-state index in [1.165, 1.54) is 0 Å². The highest BCUT2D eigenvalue weighted by molar-refractivity contribution is 6.46. The summed E-state index contributed by atoms with van der Waals surface area (Å²) < 4.78 is 10.7. The van der Waals surface area contributed by atoms with E-state index in [-0.39, 0.29) is 11.3 Å². The van der Waals surface area contributed by atoms with Gasteiger partial charge in [-0.2, -0.15) is 0 Å². The molecule has 1 N–H and O–H groups in total. The van der Waals surface area contributed by atoms with Gasteiger partial charge in [0.25, 0.3) is 11.7 Å². The first kappa shape index (κ1) is 22.9. The molecule has 0 unspecified atom stereocenters. The van der Waals surface area contributed by atoms with Crippen molar-refractivity contribution in [3.8, 4) is 5.75 Å². The largest absolute Gasteiger partial charge is 0.507 e. The summed E-state index contributed by atoms with van der Waals surface area (Å²) in [4.78, 5) is 34.2. The van der Waals surface area contributed by atoms with Crippen molar-refractivity contribution < 1.29 is 24.2 Å². The molecule has 8 nitrogen and oxygen atoms in total. The van der Waals surface area contributed by atoms with E-state index >= 15 is 0 Å². The minimum absolute atomic E-state index is 0.0870. The topological polar surface area (TPSA) is 92.2 Å². The lowest BCUT2D eigenvalue weighted by Crippen LogP contribution is -2.39. The van der Waals surface area contributed by atoms with Gasteiger partial charge in [-0.1, -0.05) is 6.07 Å². The van der Waals surface area contributed by atoms with Gasteiger partial charge in [0.1, 0.15) is 11.5 Å². The Labute approximate surface area is 193 Å². The maximum Gasteiger partial charge on any atom is 0.295 e. The number of ether oxygens (including phenoxy) is 2. The molecule has 2 aliphatic heterocycles. The zero-order valence-electron chi connectivity index (χ0n) is 19.0. The predicted octanol–water partition coefficient (Wildman–Crippen LogP) is 2.54. The van der Waals surface area contributed by atoms with E-state index in [1.54, 1.807) is 48.7 Å². The van der Waals surface area contributed by atoms with Gasteiger partial charge < -0.3 is 19.5 Å². The third-order valence-electron chi connectivity index (χ3n) is 6.19. The van der Waals surface area contributed by atoms with Crippen molar-refractivity contribution >= 4 is 17.4 Å². The van der Waals surface area contributed by atoms with E-state index in [0.29, 0.717) is 43.1 Å². The van der Waals surface area contributed by atoms with E-state index in [9.17, 15) is 14.7 Å². The number of methoxy groups -OCH3 is 1. The lowest BCUT2D eigenvalue weighted by Gasteiger charge is -2.29. The van der Waals surface area contributed by atoms with Gasteiger partial charge in [0, 0.05) is 44.1 Å². The minimum atomic E-state index is -0.689. The summed E-state index contributed by atoms with van der Waals surface area (Å²) in [6, 6.07) is 8.08. The monoisotopic (exact) mass is 451 g/mol. The second kappa shape index (κ2) is 10.1. The van der Waals surface area contributed by atoms with Crippen molar-refractivity contribution in [2.24, 2.45) is 0 Å². The average molecular weight is 452 g/mol. The third kappa shape index (κ3) is 4.77. The Morgan fingerprint density at radius 1 is 1.21 bits per heavy atom. The van der Waals surface area contributed by atoms with Crippen LogP contribution in [-0.2, 0) is 14.3 Å². The fourth-order valence-corrected chi connectivity index (χ4v) is 4.47. The van der Waals surface area contributed by atoms with Crippen molar-refractivity contribution in [3.05, 3.63) is 65.0 Å². The highest BCUT2D eigenvalue weighted by Crippen LogP contribution is 2.39. The Kier molecular flexibility index (Phi) is 7.05. The van der Waals surface area contributed by atoms with Crippen molar-refractivity contribution in [2.45, 2.75) is 19.4 Å². The van der Waals surface area contributed by atoms with Gasteiger partial charge in [-0.15, -0.1) is 0 Å². The Balaban J connectivity index is 1.66. The first-order valence-electron chi connectivity index (χ1n) is 11.1. The van der Waals surface area contributed by atoms with Crippen molar-refractivity contribution in [1.82, 2.24) is 14.8 Å². The number of morpholine rings is 1. The van der Waals surface area contributed by atoms with E-state index in [2.05, 4.69) is 9.88 Å². The van der Waals surface area contributed by atoms with Crippen LogP contribution in [0, 0.1) is 6.92 Å². The molecule has 0 aliphatic carbocycles. The van der Waals surface area contributed by atoms with E-state index in [0.717, 1.165) is 25.2 Å². The minimum Gasteiger partial charge on any atom is -0.507 e. The molecule has 0 spiro atoms. The van der Waals surface area contributed by atoms with Crippen molar-refractivity contribution in [1.29, 1.82) is 0 Å². The molecular formula is C25H29N3O5. The molecule has 2 saturated heterocycles. The molecule has 1 aromatic carbocycles. The molecule has 2 aliphatic rings. The molecule has 1 aromatic heterocycles. The molecule has 174 valence electrons. The number of aryl methyl sites for hydroxylation is 1. The van der Waals surface area contributed by atoms with E-state index < -0.39 is 17.7 Å². The molecule has 2 fully saturated rings. The zero-order valence-corrected chi connectivity index (χ0v) is 19.0. The maximum atomic E-state index is 13.1. The molecule has 0 bridgehead atoms. The maximum absolute atomic E-state index is 13.1. The van der Waals surface area contributed by atoms with Gasteiger partial charge in [0.15, 0.2) is 0 Å². The lowest BCUT2D eigenvalue weighted by atomic mass is 9.95. The SMILES string of the molecule is COc1ccc(C(O)=C2C(=O)C(=O)N(CCCN3CCOCC3)[C@@H]2c2cccnc2)cc1C. The van der Waals surface area contributed by atoms with Gasteiger partial charge >= 0.3 is 0 Å². The first-order chi connectivity index (χ1) is 16.0. The van der Waals surface area contributed by atoms with Crippen LogP contribution in [-0.4, -0.2) is 78.1 Å². The molecule has 1 atom stereocenters. The number of amides is 1. The van der Waals surface area contributed by atoms with Crippen LogP contribution in [0.2, 0.25) is 0 Å². The van der Waals surface area contributed by atoms with Crippen LogP contribution >= 0.6 is 0 Å². The van der Waals surface area contributed by atoms with E-state index in [1.807, 2.05) is 13.0 Å². The van der Waals surface area contributed by atoms with Crippen LogP contribution in [0.25, 0.3) is 5.76 Å². The summed E-state index contributed by atoms with van der Waals surface area (Å²) in [6.07, 6.45) is 3.99. The van der Waals surface area contributed by atoms with Gasteiger partial charge in [0.05, 0.1) is 31.9 Å². The second-order valence-electron chi connectivity index (χ2n) is 8.27. The highest BCUT2D eigenvalue weighted by Gasteiger charge is 2.46. The Morgan fingerprint density at radius 2 is 2.00 bits per heavy atom. The number of aromatic nitrogens is 1. The summed E-state index contributed by atoms with van der Waals surface area (Å²) in [5.41, 5.74) is 2.06. The molecule has 4 rings (SSSR count). The summed E-state index contributed by atoms with van der Waals surface area (Å²) in [6.45, 7) is 6.22. The smallest absolute Gasteiger partial charge is 0.295 e. The number of hydrogen-bond donors (Lipinski definition) is 1. The Hall–Kier alpha value is -3.23. The summed E-state index contributed by atoms with van der Waals surface area (Å²) in [5.74, 6) is -0.790. The highest BCUT2D eigenvalue weighted by atomic mass is 16.5. The number of hydrogen-bond acceptors (Lipinski definition) is 7. The van der Waals surface area contributed by atoms with Crippen molar-refractivity contribution in [3.63, 3.8) is 0 Å². The van der Waals surface area contributed by atoms with Gasteiger partial charge in [-0.25, -0.2) is 0 Å². The normalized spacial score (nSPS) is 20.9. The number of likely N-dealkylation sites (tertiary alicyclic amines) is 1. The number of Topliss-reactive ketones (excluding diaryl/α,β-unsaturated/α-hetero) is 1. The summed E-state index contributed by atoms with van der Waals surface area (Å²) in [5, 5.41) is 11.2.